The minimum absolute atomic E-state index is 0.208. The number of hydrogen-bond donors (Lipinski definition) is 1. The number of quaternary nitrogens is 1. The Balaban J connectivity index is 1.71. The van der Waals surface area contributed by atoms with Crippen LogP contribution in [0.1, 0.15) is 33.2 Å². The lowest BCUT2D eigenvalue weighted by atomic mass is 10.0. The normalized spacial score (nSPS) is 12.4. The van der Waals surface area contributed by atoms with Gasteiger partial charge in [-0.2, -0.15) is 0 Å². The summed E-state index contributed by atoms with van der Waals surface area (Å²) in [6.07, 6.45) is 0. The maximum absolute atomic E-state index is 12.1. The van der Waals surface area contributed by atoms with E-state index in [1.165, 1.54) is 10.4 Å². The van der Waals surface area contributed by atoms with Gasteiger partial charge in [-0.1, -0.05) is 48.5 Å². The fourth-order valence-corrected chi connectivity index (χ4v) is 4.33. The van der Waals surface area contributed by atoms with Crippen LogP contribution in [0.4, 0.5) is 0 Å². The van der Waals surface area contributed by atoms with Crippen LogP contribution in [0.25, 0.3) is 11.0 Å². The molecule has 0 saturated heterocycles. The van der Waals surface area contributed by atoms with Crippen molar-refractivity contribution in [3.05, 3.63) is 104 Å². The quantitative estimate of drug-likeness (QED) is 0.527. The number of aryl methyl sites for hydroxylation is 2. The number of benzene rings is 2. The molecule has 4 rings (SSSR count). The SMILES string of the molecule is Cc1ccc2c(C[NH2+][C@@H](c3ccccc3)c3cccs3)cc(=O)oc2c1C. The smallest absolute Gasteiger partial charge is 0.336 e. The van der Waals surface area contributed by atoms with Crippen LogP contribution >= 0.6 is 11.3 Å². The highest BCUT2D eigenvalue weighted by Gasteiger charge is 2.19. The van der Waals surface area contributed by atoms with E-state index in [4.69, 9.17) is 4.42 Å². The molecule has 4 heteroatoms. The lowest BCUT2D eigenvalue weighted by Gasteiger charge is -2.16. The van der Waals surface area contributed by atoms with Crippen LogP contribution in [0.5, 0.6) is 0 Å². The summed E-state index contributed by atoms with van der Waals surface area (Å²) < 4.78 is 5.51. The van der Waals surface area contributed by atoms with Gasteiger partial charge in [-0.3, -0.25) is 0 Å². The van der Waals surface area contributed by atoms with Gasteiger partial charge in [0.15, 0.2) is 0 Å². The van der Waals surface area contributed by atoms with E-state index in [1.807, 2.05) is 19.9 Å². The molecule has 0 radical (unpaired) electrons. The molecule has 2 aromatic heterocycles. The van der Waals surface area contributed by atoms with Crippen LogP contribution in [-0.2, 0) is 6.54 Å². The zero-order valence-corrected chi connectivity index (χ0v) is 16.3. The molecule has 0 unspecified atom stereocenters. The molecule has 0 aliphatic heterocycles. The minimum atomic E-state index is -0.285. The lowest BCUT2D eigenvalue weighted by molar-refractivity contribution is -0.701. The Kier molecular flexibility index (Phi) is 4.92. The second-order valence-electron chi connectivity index (χ2n) is 6.82. The van der Waals surface area contributed by atoms with Crippen molar-refractivity contribution in [3.8, 4) is 0 Å². The highest BCUT2D eigenvalue weighted by molar-refractivity contribution is 7.10. The van der Waals surface area contributed by atoms with E-state index in [-0.39, 0.29) is 11.7 Å². The Morgan fingerprint density at radius 3 is 2.59 bits per heavy atom. The Morgan fingerprint density at radius 2 is 1.85 bits per heavy atom. The van der Waals surface area contributed by atoms with Crippen LogP contribution in [0.2, 0.25) is 0 Å². The molecular formula is C23H22NO2S+. The zero-order chi connectivity index (χ0) is 18.8. The minimum Gasteiger partial charge on any atom is -0.422 e. The summed E-state index contributed by atoms with van der Waals surface area (Å²) in [4.78, 5) is 13.4. The molecule has 136 valence electrons. The number of thiophene rings is 1. The number of nitrogens with two attached hydrogens (primary N) is 1. The monoisotopic (exact) mass is 376 g/mol. The average Bonchev–Trinajstić information content (AvgIpc) is 3.20. The Labute approximate surface area is 162 Å². The molecule has 0 fully saturated rings. The first kappa shape index (κ1) is 17.7. The Hall–Kier alpha value is -2.69. The summed E-state index contributed by atoms with van der Waals surface area (Å²) >= 11 is 1.76. The molecule has 2 aromatic carbocycles. The van der Waals surface area contributed by atoms with Crippen LogP contribution in [0.3, 0.4) is 0 Å². The van der Waals surface area contributed by atoms with Gasteiger partial charge in [-0.15, -0.1) is 11.3 Å². The molecule has 0 aliphatic carbocycles. The summed E-state index contributed by atoms with van der Waals surface area (Å²) in [7, 11) is 0. The van der Waals surface area contributed by atoms with Crippen molar-refractivity contribution >= 4 is 22.3 Å². The first-order valence-corrected chi connectivity index (χ1v) is 9.96. The fourth-order valence-electron chi connectivity index (χ4n) is 3.48. The third-order valence-corrected chi connectivity index (χ3v) is 6.05. The van der Waals surface area contributed by atoms with Crippen molar-refractivity contribution in [1.29, 1.82) is 0 Å². The summed E-state index contributed by atoms with van der Waals surface area (Å²) in [5.74, 6) is 0. The molecule has 4 aromatic rings. The molecule has 3 nitrogen and oxygen atoms in total. The maximum atomic E-state index is 12.1. The third kappa shape index (κ3) is 3.59. The van der Waals surface area contributed by atoms with Crippen molar-refractivity contribution in [2.24, 2.45) is 0 Å². The molecule has 0 bridgehead atoms. The Bertz CT molecular complexity index is 1110. The third-order valence-electron chi connectivity index (χ3n) is 5.10. The molecule has 0 saturated carbocycles. The van der Waals surface area contributed by atoms with Gasteiger partial charge in [0.1, 0.15) is 18.2 Å². The first-order chi connectivity index (χ1) is 13.1. The predicted octanol–water partition coefficient (Wildman–Crippen LogP) is 4.32. The van der Waals surface area contributed by atoms with E-state index in [2.05, 4.69) is 59.2 Å². The second kappa shape index (κ2) is 7.51. The van der Waals surface area contributed by atoms with Gasteiger partial charge in [0.25, 0.3) is 0 Å². The topological polar surface area (TPSA) is 46.8 Å². The van der Waals surface area contributed by atoms with Gasteiger partial charge in [-0.25, -0.2) is 4.79 Å². The van der Waals surface area contributed by atoms with E-state index in [0.29, 0.717) is 12.1 Å². The number of fused-ring (bicyclic) bond motifs is 1. The van der Waals surface area contributed by atoms with Crippen LogP contribution < -0.4 is 10.9 Å². The van der Waals surface area contributed by atoms with E-state index in [9.17, 15) is 4.79 Å². The van der Waals surface area contributed by atoms with Crippen LogP contribution in [0, 0.1) is 13.8 Å². The maximum Gasteiger partial charge on any atom is 0.336 e. The molecule has 0 aliphatic rings. The van der Waals surface area contributed by atoms with Crippen molar-refractivity contribution in [3.63, 3.8) is 0 Å². The second-order valence-corrected chi connectivity index (χ2v) is 7.80. The molecule has 0 amide bonds. The molecule has 2 N–H and O–H groups in total. The molecule has 1 atom stereocenters. The summed E-state index contributed by atoms with van der Waals surface area (Å²) in [5.41, 5.74) is 4.86. The molecule has 0 spiro atoms. The molecular weight excluding hydrogens is 354 g/mol. The van der Waals surface area contributed by atoms with Crippen molar-refractivity contribution in [1.82, 2.24) is 0 Å². The molecule has 27 heavy (non-hydrogen) atoms. The number of rotatable bonds is 5. The van der Waals surface area contributed by atoms with Crippen molar-refractivity contribution in [2.45, 2.75) is 26.4 Å². The van der Waals surface area contributed by atoms with E-state index >= 15 is 0 Å². The average molecular weight is 377 g/mol. The standard InChI is InChI=1S/C23H21NO2S/c1-15-10-11-19-18(13-21(25)26-23(19)16(15)2)14-24-22(20-9-6-12-27-20)17-7-4-3-5-8-17/h3-13,22,24H,14H2,1-2H3/p+1/t22-/m0/s1. The van der Waals surface area contributed by atoms with E-state index in [0.717, 1.165) is 22.1 Å². The van der Waals surface area contributed by atoms with Crippen molar-refractivity contribution < 1.29 is 9.73 Å². The summed E-state index contributed by atoms with van der Waals surface area (Å²) in [6, 6.07) is 20.7. The predicted molar refractivity (Wildman–Crippen MR) is 110 cm³/mol. The van der Waals surface area contributed by atoms with Gasteiger partial charge in [-0.05, 0) is 36.4 Å². The first-order valence-electron chi connectivity index (χ1n) is 9.08. The van der Waals surface area contributed by atoms with E-state index in [1.54, 1.807) is 17.4 Å². The lowest BCUT2D eigenvalue weighted by Crippen LogP contribution is -2.83. The van der Waals surface area contributed by atoms with Gasteiger partial charge in [0, 0.05) is 22.6 Å². The van der Waals surface area contributed by atoms with Crippen LogP contribution in [0.15, 0.2) is 75.3 Å². The highest BCUT2D eigenvalue weighted by Crippen LogP contribution is 2.25. The highest BCUT2D eigenvalue weighted by atomic mass is 32.1. The van der Waals surface area contributed by atoms with Crippen LogP contribution in [-0.4, -0.2) is 0 Å². The number of hydrogen-bond acceptors (Lipinski definition) is 3. The fraction of sp³-hybridized carbons (Fsp3) is 0.174. The van der Waals surface area contributed by atoms with Gasteiger partial charge < -0.3 is 9.73 Å². The largest absolute Gasteiger partial charge is 0.422 e. The Morgan fingerprint density at radius 1 is 1.04 bits per heavy atom. The molecule has 2 heterocycles. The zero-order valence-electron chi connectivity index (χ0n) is 15.4. The summed E-state index contributed by atoms with van der Waals surface area (Å²) in [6.45, 7) is 4.75. The summed E-state index contributed by atoms with van der Waals surface area (Å²) in [5, 5.41) is 5.43. The van der Waals surface area contributed by atoms with Gasteiger partial charge >= 0.3 is 5.63 Å². The van der Waals surface area contributed by atoms with Crippen molar-refractivity contribution in [2.75, 3.05) is 0 Å². The van der Waals surface area contributed by atoms with Gasteiger partial charge in [0.2, 0.25) is 0 Å². The van der Waals surface area contributed by atoms with E-state index < -0.39 is 0 Å². The van der Waals surface area contributed by atoms with Gasteiger partial charge in [0.05, 0.1) is 4.88 Å².